The molecule has 1 saturated heterocycles. The Kier molecular flexibility index (Phi) is 8.14. The molecule has 1 amide bonds. The third-order valence-electron chi connectivity index (χ3n) is 6.50. The smallest absolute Gasteiger partial charge is 0.310 e. The minimum absolute atomic E-state index is 0.0301. The molecule has 39 heavy (non-hydrogen) atoms. The molecular weight excluding hydrogens is 496 g/mol. The van der Waals surface area contributed by atoms with Gasteiger partial charge in [-0.05, 0) is 72.9 Å². The van der Waals surface area contributed by atoms with E-state index in [-0.39, 0.29) is 35.7 Å². The van der Waals surface area contributed by atoms with Crippen molar-refractivity contribution in [2.45, 2.75) is 52.2 Å². The van der Waals surface area contributed by atoms with Crippen LogP contribution in [0.2, 0.25) is 0 Å². The van der Waals surface area contributed by atoms with Crippen LogP contribution in [0.1, 0.15) is 61.9 Å². The lowest BCUT2D eigenvalue weighted by molar-refractivity contribution is -0.146. The lowest BCUT2D eigenvalue weighted by Crippen LogP contribution is -2.29. The molecule has 2 aromatic carbocycles. The molecule has 2 heterocycles. The highest BCUT2D eigenvalue weighted by molar-refractivity contribution is 6.51. The predicted molar refractivity (Wildman–Crippen MR) is 147 cm³/mol. The Hall–Kier alpha value is -4.46. The summed E-state index contributed by atoms with van der Waals surface area (Å²) in [6.07, 6.45) is 3.03. The molecule has 0 aliphatic carbocycles. The summed E-state index contributed by atoms with van der Waals surface area (Å²) < 4.78 is 10.7. The van der Waals surface area contributed by atoms with Crippen molar-refractivity contribution in [1.29, 1.82) is 0 Å². The van der Waals surface area contributed by atoms with Crippen molar-refractivity contribution >= 4 is 29.1 Å². The number of pyridine rings is 1. The number of anilines is 1. The number of carbonyl (C=O) groups excluding carboxylic acids is 3. The molecule has 0 spiro atoms. The molecule has 4 rings (SSSR count). The van der Waals surface area contributed by atoms with Crippen LogP contribution in [-0.4, -0.2) is 41.0 Å². The van der Waals surface area contributed by atoms with Crippen LogP contribution in [0.3, 0.4) is 0 Å². The number of methoxy groups -OCH3 is 1. The van der Waals surface area contributed by atoms with E-state index in [9.17, 15) is 19.5 Å². The molecule has 1 aromatic heterocycles. The lowest BCUT2D eigenvalue weighted by Gasteiger charge is -2.25. The lowest BCUT2D eigenvalue weighted by atomic mass is 9.93. The van der Waals surface area contributed by atoms with Gasteiger partial charge in [0.1, 0.15) is 11.5 Å². The number of ether oxygens (including phenoxy) is 2. The number of nitrogens with zero attached hydrogens (tertiary/aromatic N) is 2. The SMILES string of the molecule is COc1ccc(/C(O)=C2/C(=O)C(=O)N(c3ccc(CC(=O)OC(C)C)cc3)C2c2cccnc2)cc1C(C)C. The highest BCUT2D eigenvalue weighted by atomic mass is 16.5. The number of benzene rings is 2. The maximum atomic E-state index is 13.4. The number of esters is 1. The van der Waals surface area contributed by atoms with Gasteiger partial charge in [-0.2, -0.15) is 0 Å². The Morgan fingerprint density at radius 1 is 1.05 bits per heavy atom. The van der Waals surface area contributed by atoms with Crippen LogP contribution in [-0.2, 0) is 25.5 Å². The second-order valence-corrected chi connectivity index (χ2v) is 9.95. The minimum atomic E-state index is -0.903. The van der Waals surface area contributed by atoms with Gasteiger partial charge in [0.15, 0.2) is 0 Å². The van der Waals surface area contributed by atoms with Crippen LogP contribution >= 0.6 is 0 Å². The summed E-state index contributed by atoms with van der Waals surface area (Å²) in [5.74, 6) is -1.43. The second kappa shape index (κ2) is 11.5. The Labute approximate surface area is 227 Å². The van der Waals surface area contributed by atoms with Gasteiger partial charge in [-0.1, -0.05) is 32.0 Å². The predicted octanol–water partition coefficient (Wildman–Crippen LogP) is 5.33. The second-order valence-electron chi connectivity index (χ2n) is 9.95. The maximum absolute atomic E-state index is 13.4. The maximum Gasteiger partial charge on any atom is 0.310 e. The molecule has 0 saturated carbocycles. The highest BCUT2D eigenvalue weighted by Crippen LogP contribution is 2.42. The first-order valence-electron chi connectivity index (χ1n) is 12.8. The standard InChI is InChI=1S/C31H32N2O6/c1-18(2)24-16-21(10-13-25(24)38-5)29(35)27-28(22-7-6-14-32-17-22)33(31(37)30(27)36)23-11-8-20(9-12-23)15-26(34)39-19(3)4/h6-14,16-19,28,35H,15H2,1-5H3/b29-27-. The van der Waals surface area contributed by atoms with E-state index in [0.717, 1.165) is 5.56 Å². The van der Waals surface area contributed by atoms with Gasteiger partial charge in [-0.25, -0.2) is 0 Å². The van der Waals surface area contributed by atoms with E-state index in [1.807, 2.05) is 13.8 Å². The van der Waals surface area contributed by atoms with E-state index in [4.69, 9.17) is 9.47 Å². The zero-order valence-corrected chi connectivity index (χ0v) is 22.7. The summed E-state index contributed by atoms with van der Waals surface area (Å²) in [4.78, 5) is 44.5. The number of rotatable bonds is 8. The summed E-state index contributed by atoms with van der Waals surface area (Å²) in [5.41, 5.74) is 2.96. The van der Waals surface area contributed by atoms with Gasteiger partial charge >= 0.3 is 5.97 Å². The van der Waals surface area contributed by atoms with Crippen LogP contribution in [0.5, 0.6) is 5.75 Å². The van der Waals surface area contributed by atoms with Crippen LogP contribution in [0, 0.1) is 0 Å². The van der Waals surface area contributed by atoms with Crippen molar-refractivity contribution in [3.8, 4) is 5.75 Å². The van der Waals surface area contributed by atoms with Crippen molar-refractivity contribution in [1.82, 2.24) is 4.98 Å². The molecular formula is C31H32N2O6. The first-order valence-corrected chi connectivity index (χ1v) is 12.8. The molecule has 202 valence electrons. The number of aromatic nitrogens is 1. The number of hydrogen-bond donors (Lipinski definition) is 1. The Bertz CT molecular complexity index is 1410. The van der Waals surface area contributed by atoms with Crippen LogP contribution in [0.25, 0.3) is 5.76 Å². The van der Waals surface area contributed by atoms with Crippen LogP contribution in [0.15, 0.2) is 72.6 Å². The van der Waals surface area contributed by atoms with Gasteiger partial charge in [-0.3, -0.25) is 24.3 Å². The normalized spacial score (nSPS) is 16.7. The van der Waals surface area contributed by atoms with E-state index >= 15 is 0 Å². The van der Waals surface area contributed by atoms with Gasteiger partial charge in [-0.15, -0.1) is 0 Å². The minimum Gasteiger partial charge on any atom is -0.507 e. The molecule has 1 aliphatic heterocycles. The fourth-order valence-corrected chi connectivity index (χ4v) is 4.69. The number of hydrogen-bond acceptors (Lipinski definition) is 7. The van der Waals surface area contributed by atoms with Gasteiger partial charge in [0, 0.05) is 23.6 Å². The number of carbonyl (C=O) groups is 3. The van der Waals surface area contributed by atoms with Gasteiger partial charge in [0.2, 0.25) is 0 Å². The quantitative estimate of drug-likeness (QED) is 0.182. The van der Waals surface area contributed by atoms with E-state index in [2.05, 4.69) is 4.98 Å². The third kappa shape index (κ3) is 5.70. The van der Waals surface area contributed by atoms with Gasteiger partial charge in [0.25, 0.3) is 11.7 Å². The average molecular weight is 529 g/mol. The molecule has 1 unspecified atom stereocenters. The summed E-state index contributed by atoms with van der Waals surface area (Å²) >= 11 is 0. The fraction of sp³-hybridized carbons (Fsp3) is 0.290. The van der Waals surface area contributed by atoms with Crippen molar-refractivity contribution in [2.75, 3.05) is 12.0 Å². The Balaban J connectivity index is 1.79. The van der Waals surface area contributed by atoms with Crippen molar-refractivity contribution in [2.24, 2.45) is 0 Å². The molecule has 8 nitrogen and oxygen atoms in total. The van der Waals surface area contributed by atoms with Gasteiger partial charge < -0.3 is 14.6 Å². The number of Topliss-reactive ketones (excluding diaryl/α,β-unsaturated/α-hetero) is 1. The number of amides is 1. The fourth-order valence-electron chi connectivity index (χ4n) is 4.69. The third-order valence-corrected chi connectivity index (χ3v) is 6.50. The van der Waals surface area contributed by atoms with Crippen molar-refractivity contribution in [3.05, 3.63) is 94.8 Å². The largest absolute Gasteiger partial charge is 0.507 e. The van der Waals surface area contributed by atoms with Crippen molar-refractivity contribution in [3.63, 3.8) is 0 Å². The van der Waals surface area contributed by atoms with E-state index < -0.39 is 17.7 Å². The highest BCUT2D eigenvalue weighted by Gasteiger charge is 2.47. The molecule has 1 aliphatic rings. The summed E-state index contributed by atoms with van der Waals surface area (Å²) in [7, 11) is 1.58. The zero-order chi connectivity index (χ0) is 28.3. The topological polar surface area (TPSA) is 106 Å². The van der Waals surface area contributed by atoms with E-state index in [0.29, 0.717) is 28.1 Å². The van der Waals surface area contributed by atoms with Crippen molar-refractivity contribution < 1.29 is 29.0 Å². The molecule has 8 heteroatoms. The molecule has 3 aromatic rings. The number of aliphatic hydroxyl groups is 1. The van der Waals surface area contributed by atoms with Gasteiger partial charge in [0.05, 0.1) is 31.2 Å². The average Bonchev–Trinajstić information content (AvgIpc) is 3.18. The van der Waals surface area contributed by atoms with E-state index in [1.54, 1.807) is 87.9 Å². The Morgan fingerprint density at radius 3 is 2.36 bits per heavy atom. The summed E-state index contributed by atoms with van der Waals surface area (Å²) in [6.45, 7) is 7.57. The first-order chi connectivity index (χ1) is 18.6. The Morgan fingerprint density at radius 2 is 1.77 bits per heavy atom. The number of aliphatic hydroxyl groups excluding tert-OH is 1. The molecule has 0 bridgehead atoms. The zero-order valence-electron chi connectivity index (χ0n) is 22.7. The van der Waals surface area contributed by atoms with Crippen LogP contribution in [0.4, 0.5) is 5.69 Å². The van der Waals surface area contributed by atoms with Crippen LogP contribution < -0.4 is 9.64 Å². The molecule has 0 radical (unpaired) electrons. The summed E-state index contributed by atoms with van der Waals surface area (Å²) in [6, 6.07) is 14.5. The molecule has 1 atom stereocenters. The first kappa shape index (κ1) is 27.6. The molecule has 1 fully saturated rings. The van der Waals surface area contributed by atoms with E-state index in [1.165, 1.54) is 4.90 Å². The summed E-state index contributed by atoms with van der Waals surface area (Å²) in [5, 5.41) is 11.5. The molecule has 1 N–H and O–H groups in total. The number of ketones is 1. The monoisotopic (exact) mass is 528 g/mol.